The van der Waals surface area contributed by atoms with Gasteiger partial charge in [0, 0.05) is 19.2 Å². The van der Waals surface area contributed by atoms with Gasteiger partial charge in [-0.15, -0.1) is 0 Å². The number of nitrogens with one attached hydrogen (secondary N) is 2. The van der Waals surface area contributed by atoms with Crippen LogP contribution in [0.4, 0.5) is 11.8 Å². The van der Waals surface area contributed by atoms with Gasteiger partial charge in [0.15, 0.2) is 5.11 Å². The Morgan fingerprint density at radius 2 is 2.12 bits per heavy atom. The molecule has 1 fully saturated rings. The van der Waals surface area contributed by atoms with Gasteiger partial charge in [0.1, 0.15) is 16.7 Å². The molecule has 8 heteroatoms. The first-order valence-electron chi connectivity index (χ1n) is 8.36. The Hall–Kier alpha value is -1.86. The monoisotopic (exact) mass is 379 g/mol. The molecule has 0 aromatic carbocycles. The first-order chi connectivity index (χ1) is 12.0. The molecule has 3 rings (SSSR count). The maximum absolute atomic E-state index is 6.19. The summed E-state index contributed by atoms with van der Waals surface area (Å²) in [4.78, 5) is 11.1. The Morgan fingerprint density at radius 1 is 1.36 bits per heavy atom. The van der Waals surface area contributed by atoms with Gasteiger partial charge in [-0.05, 0) is 42.6 Å². The topological polar surface area (TPSA) is 66.2 Å². The molecule has 6 nitrogen and oxygen atoms in total. The second-order valence-corrected chi connectivity index (χ2v) is 7.41. The van der Waals surface area contributed by atoms with E-state index in [4.69, 9.17) is 28.2 Å². The minimum atomic E-state index is 0.394. The van der Waals surface area contributed by atoms with Crippen molar-refractivity contribution in [2.24, 2.45) is 11.8 Å². The highest BCUT2D eigenvalue weighted by Crippen LogP contribution is 2.27. The number of hydrogen-bond acceptors (Lipinski definition) is 5. The van der Waals surface area contributed by atoms with E-state index in [1.807, 2.05) is 12.1 Å². The summed E-state index contributed by atoms with van der Waals surface area (Å²) in [6.45, 7) is 6.96. The van der Waals surface area contributed by atoms with Crippen LogP contribution in [-0.4, -0.2) is 28.2 Å². The quantitative estimate of drug-likeness (QED) is 0.620. The molecule has 0 saturated carbocycles. The second-order valence-electron chi connectivity index (χ2n) is 6.61. The van der Waals surface area contributed by atoms with Gasteiger partial charge in [0.05, 0.1) is 12.8 Å². The van der Waals surface area contributed by atoms with Crippen LogP contribution in [-0.2, 0) is 6.54 Å². The van der Waals surface area contributed by atoms with Crippen molar-refractivity contribution < 1.29 is 4.42 Å². The highest BCUT2D eigenvalue weighted by Gasteiger charge is 2.23. The third-order valence-electron chi connectivity index (χ3n) is 4.10. The van der Waals surface area contributed by atoms with Crippen LogP contribution in [0.2, 0.25) is 5.15 Å². The van der Waals surface area contributed by atoms with E-state index < -0.39 is 0 Å². The number of thiocarbonyl (C=S) groups is 1. The zero-order chi connectivity index (χ0) is 17.8. The summed E-state index contributed by atoms with van der Waals surface area (Å²) in [5.41, 5.74) is 0. The average Bonchev–Trinajstić information content (AvgIpc) is 3.05. The molecule has 0 amide bonds. The number of hydrogen-bond donors (Lipinski definition) is 2. The molecule has 1 aliphatic heterocycles. The molecule has 0 spiro atoms. The molecule has 3 heterocycles. The van der Waals surface area contributed by atoms with Crippen molar-refractivity contribution in [3.8, 4) is 0 Å². The van der Waals surface area contributed by atoms with Crippen molar-refractivity contribution in [2.75, 3.05) is 23.3 Å². The van der Waals surface area contributed by atoms with Gasteiger partial charge in [-0.25, -0.2) is 4.98 Å². The van der Waals surface area contributed by atoms with Crippen molar-refractivity contribution >= 4 is 40.7 Å². The molecular weight excluding hydrogens is 358 g/mol. The molecule has 25 heavy (non-hydrogen) atoms. The summed E-state index contributed by atoms with van der Waals surface area (Å²) in [5, 5.41) is 6.87. The first-order valence-corrected chi connectivity index (χ1v) is 9.15. The lowest BCUT2D eigenvalue weighted by Crippen LogP contribution is -2.39. The van der Waals surface area contributed by atoms with Crippen LogP contribution in [0.1, 0.15) is 26.0 Å². The van der Waals surface area contributed by atoms with Crippen molar-refractivity contribution in [1.82, 2.24) is 15.3 Å². The first kappa shape index (κ1) is 17.9. The molecule has 2 aromatic rings. The van der Waals surface area contributed by atoms with Crippen molar-refractivity contribution in [1.29, 1.82) is 0 Å². The summed E-state index contributed by atoms with van der Waals surface area (Å²) in [6, 6.07) is 5.51. The minimum absolute atomic E-state index is 0.394. The molecule has 2 N–H and O–H groups in total. The Bertz CT molecular complexity index is 714. The molecule has 0 bridgehead atoms. The number of rotatable bonds is 4. The number of furan rings is 1. The van der Waals surface area contributed by atoms with Crippen molar-refractivity contribution in [2.45, 2.75) is 26.8 Å². The van der Waals surface area contributed by atoms with Gasteiger partial charge < -0.3 is 20.0 Å². The van der Waals surface area contributed by atoms with Gasteiger partial charge in [-0.2, -0.15) is 4.98 Å². The molecule has 1 aliphatic rings. The van der Waals surface area contributed by atoms with Crippen molar-refractivity contribution in [3.63, 3.8) is 0 Å². The predicted octanol–water partition coefficient (Wildman–Crippen LogP) is 3.69. The maximum Gasteiger partial charge on any atom is 0.232 e. The fourth-order valence-electron chi connectivity index (χ4n) is 3.20. The Kier molecular flexibility index (Phi) is 5.75. The molecule has 0 unspecified atom stereocenters. The van der Waals surface area contributed by atoms with Gasteiger partial charge in [-0.3, -0.25) is 0 Å². The summed E-state index contributed by atoms with van der Waals surface area (Å²) in [7, 11) is 0. The van der Waals surface area contributed by atoms with E-state index in [2.05, 4.69) is 39.3 Å². The van der Waals surface area contributed by atoms with E-state index in [0.717, 1.165) is 24.7 Å². The number of anilines is 2. The second kappa shape index (κ2) is 8.01. The minimum Gasteiger partial charge on any atom is -0.467 e. The molecule has 2 aromatic heterocycles. The Labute approximate surface area is 158 Å². The van der Waals surface area contributed by atoms with Crippen LogP contribution in [0.3, 0.4) is 0 Å². The van der Waals surface area contributed by atoms with E-state index >= 15 is 0 Å². The zero-order valence-electron chi connectivity index (χ0n) is 14.3. The molecular formula is C17H22ClN5OS. The lowest BCUT2D eigenvalue weighted by molar-refractivity contribution is 0.355. The Balaban J connectivity index is 1.65. The van der Waals surface area contributed by atoms with E-state index in [1.54, 1.807) is 12.3 Å². The standard InChI is InChI=1S/C17H22ClN5OS/c1-11-6-12(2)10-23(9-11)15-7-14(18)20-16(21-15)22-17(25)19-8-13-4-3-5-24-13/h3-5,7,11-12H,6,8-10H2,1-2H3,(H2,19,20,21,22,25)/t11-,12-/m0/s1. The zero-order valence-corrected chi connectivity index (χ0v) is 15.9. The number of halogens is 1. The van der Waals surface area contributed by atoms with E-state index in [0.29, 0.717) is 34.6 Å². The van der Waals surface area contributed by atoms with Crippen LogP contribution >= 0.6 is 23.8 Å². The smallest absolute Gasteiger partial charge is 0.232 e. The van der Waals surface area contributed by atoms with Gasteiger partial charge in [0.2, 0.25) is 5.95 Å². The summed E-state index contributed by atoms with van der Waals surface area (Å²) in [6.07, 6.45) is 2.86. The van der Waals surface area contributed by atoms with Gasteiger partial charge in [0.25, 0.3) is 0 Å². The fraction of sp³-hybridized carbons (Fsp3) is 0.471. The maximum atomic E-state index is 6.19. The summed E-state index contributed by atoms with van der Waals surface area (Å²) < 4.78 is 5.26. The molecule has 2 atom stereocenters. The van der Waals surface area contributed by atoms with E-state index in [-0.39, 0.29) is 0 Å². The summed E-state index contributed by atoms with van der Waals surface area (Å²) >= 11 is 11.5. The third kappa shape index (κ3) is 5.06. The highest BCUT2D eigenvalue weighted by atomic mass is 35.5. The molecule has 1 saturated heterocycles. The number of aromatic nitrogens is 2. The van der Waals surface area contributed by atoms with Crippen molar-refractivity contribution in [3.05, 3.63) is 35.4 Å². The average molecular weight is 380 g/mol. The Morgan fingerprint density at radius 3 is 2.80 bits per heavy atom. The molecule has 0 radical (unpaired) electrons. The highest BCUT2D eigenvalue weighted by molar-refractivity contribution is 7.80. The van der Waals surface area contributed by atoms with Crippen LogP contribution in [0, 0.1) is 11.8 Å². The molecule has 134 valence electrons. The lowest BCUT2D eigenvalue weighted by Gasteiger charge is -2.35. The van der Waals surface area contributed by atoms with Gasteiger partial charge >= 0.3 is 0 Å². The van der Waals surface area contributed by atoms with Crippen LogP contribution in [0.15, 0.2) is 28.9 Å². The van der Waals surface area contributed by atoms with Gasteiger partial charge in [-0.1, -0.05) is 25.4 Å². The predicted molar refractivity (Wildman–Crippen MR) is 104 cm³/mol. The van der Waals surface area contributed by atoms with E-state index in [1.165, 1.54) is 6.42 Å². The normalized spacial score (nSPS) is 20.4. The lowest BCUT2D eigenvalue weighted by atomic mass is 9.92. The summed E-state index contributed by atoms with van der Waals surface area (Å²) in [5.74, 6) is 3.28. The van der Waals surface area contributed by atoms with Crippen LogP contribution in [0.25, 0.3) is 0 Å². The SMILES string of the molecule is C[C@H]1C[C@H](C)CN(c2cc(Cl)nc(NC(=S)NCc3ccco3)n2)C1. The molecule has 0 aliphatic carbocycles. The largest absolute Gasteiger partial charge is 0.467 e. The van der Waals surface area contributed by atoms with Crippen LogP contribution < -0.4 is 15.5 Å². The number of piperidine rings is 1. The fourth-order valence-corrected chi connectivity index (χ4v) is 3.54. The third-order valence-corrected chi connectivity index (χ3v) is 4.54. The van der Waals surface area contributed by atoms with E-state index in [9.17, 15) is 0 Å². The number of nitrogens with zero attached hydrogens (tertiary/aromatic N) is 3. The van der Waals surface area contributed by atoms with Crippen LogP contribution in [0.5, 0.6) is 0 Å².